The lowest BCUT2D eigenvalue weighted by molar-refractivity contribution is -0.132. The Labute approximate surface area is 211 Å². The molecular formula is C30H42N4O. The van der Waals surface area contributed by atoms with Gasteiger partial charge in [0, 0.05) is 12.3 Å². The Morgan fingerprint density at radius 2 is 1.80 bits per heavy atom. The van der Waals surface area contributed by atoms with E-state index in [-0.39, 0.29) is 23.7 Å². The number of carbonyl (C=O) groups excluding carboxylic acids is 1. The van der Waals surface area contributed by atoms with Crippen LogP contribution in [0.3, 0.4) is 0 Å². The van der Waals surface area contributed by atoms with Crippen molar-refractivity contribution in [3.63, 3.8) is 0 Å². The minimum Gasteiger partial charge on any atom is -0.297 e. The third-order valence-corrected chi connectivity index (χ3v) is 12.0. The Morgan fingerprint density at radius 3 is 2.51 bits per heavy atom. The molecule has 0 amide bonds. The molecule has 188 valence electrons. The smallest absolute Gasteiger partial charge is 0.157 e. The highest BCUT2D eigenvalue weighted by Crippen LogP contribution is 2.68. The lowest BCUT2D eigenvalue weighted by atomic mass is 9.47. The maximum atomic E-state index is 13.9. The van der Waals surface area contributed by atoms with Crippen LogP contribution in [0, 0.1) is 81.3 Å². The Kier molecular flexibility index (Phi) is 5.98. The number of hydrogen-bond acceptors (Lipinski definition) is 5. The van der Waals surface area contributed by atoms with Crippen LogP contribution in [0.1, 0.15) is 90.9 Å². The van der Waals surface area contributed by atoms with Crippen molar-refractivity contribution < 1.29 is 4.79 Å². The Balaban J connectivity index is 1.26. The van der Waals surface area contributed by atoms with Gasteiger partial charge < -0.3 is 0 Å². The molecule has 5 nitrogen and oxygen atoms in total. The number of nitriles is 2. The predicted molar refractivity (Wildman–Crippen MR) is 135 cm³/mol. The number of Topliss-reactive ketones (excluding diaryl/α,β-unsaturated/α-hetero) is 1. The standard InChI is InChI=1S/C30H42N4O/c1-18-6-8-23-20(12-18)7-9-25-24(23)10-11-30(2)27(14-26(29(25)30)19-4-3-5-19)28(35)17-34-22(16-32)13-21(15-31)33-34/h18-20,22-27,29H,3-14,17H2,1-2H3. The van der Waals surface area contributed by atoms with Crippen LogP contribution in [0.15, 0.2) is 5.10 Å². The summed E-state index contributed by atoms with van der Waals surface area (Å²) < 4.78 is 0. The van der Waals surface area contributed by atoms with E-state index >= 15 is 0 Å². The third kappa shape index (κ3) is 3.75. The number of hydrogen-bond donors (Lipinski definition) is 0. The molecule has 6 aliphatic rings. The van der Waals surface area contributed by atoms with Crippen LogP contribution in [0.2, 0.25) is 0 Å². The van der Waals surface area contributed by atoms with Gasteiger partial charge in [0.2, 0.25) is 0 Å². The van der Waals surface area contributed by atoms with E-state index < -0.39 is 6.04 Å². The molecule has 5 fully saturated rings. The van der Waals surface area contributed by atoms with Crippen LogP contribution in [0.25, 0.3) is 0 Å². The molecule has 35 heavy (non-hydrogen) atoms. The van der Waals surface area contributed by atoms with Crippen LogP contribution in [-0.2, 0) is 4.79 Å². The molecular weight excluding hydrogens is 432 g/mol. The summed E-state index contributed by atoms with van der Waals surface area (Å²) >= 11 is 0. The fourth-order valence-electron chi connectivity index (χ4n) is 10.3. The van der Waals surface area contributed by atoms with E-state index in [4.69, 9.17) is 0 Å². The second kappa shape index (κ2) is 8.90. The minimum atomic E-state index is -0.472. The number of fused-ring (bicyclic) bond motifs is 5. The maximum absolute atomic E-state index is 13.9. The first-order valence-corrected chi connectivity index (χ1v) is 14.6. The third-order valence-electron chi connectivity index (χ3n) is 12.0. The highest BCUT2D eigenvalue weighted by atomic mass is 16.1. The van der Waals surface area contributed by atoms with Gasteiger partial charge in [0.15, 0.2) is 5.78 Å². The molecule has 0 aromatic carbocycles. The van der Waals surface area contributed by atoms with Crippen LogP contribution < -0.4 is 0 Å². The summed E-state index contributed by atoms with van der Waals surface area (Å²) in [6.07, 6.45) is 15.1. The average Bonchev–Trinajstić information content (AvgIpc) is 3.35. The van der Waals surface area contributed by atoms with Gasteiger partial charge in [-0.1, -0.05) is 39.5 Å². The van der Waals surface area contributed by atoms with Crippen molar-refractivity contribution in [3.05, 3.63) is 0 Å². The molecule has 5 saturated carbocycles. The van der Waals surface area contributed by atoms with Crippen molar-refractivity contribution in [3.8, 4) is 12.1 Å². The summed E-state index contributed by atoms with van der Waals surface area (Å²) in [4.78, 5) is 13.9. The number of nitrogens with zero attached hydrogens (tertiary/aromatic N) is 4. The first-order chi connectivity index (χ1) is 16.9. The van der Waals surface area contributed by atoms with Crippen molar-refractivity contribution >= 4 is 11.5 Å². The number of carbonyl (C=O) groups is 1. The van der Waals surface area contributed by atoms with Crippen molar-refractivity contribution in [2.45, 2.75) is 96.9 Å². The van der Waals surface area contributed by atoms with Gasteiger partial charge in [-0.05, 0) is 97.7 Å². The summed E-state index contributed by atoms with van der Waals surface area (Å²) in [6, 6.07) is 3.88. The molecule has 5 heteroatoms. The van der Waals surface area contributed by atoms with E-state index in [1.807, 2.05) is 0 Å². The van der Waals surface area contributed by atoms with Crippen LogP contribution in [0.5, 0.6) is 0 Å². The number of ketones is 1. The largest absolute Gasteiger partial charge is 0.297 e. The normalized spacial score (nSPS) is 46.9. The quantitative estimate of drug-likeness (QED) is 0.503. The molecule has 0 spiro atoms. The molecule has 0 saturated heterocycles. The molecule has 0 aromatic rings. The molecule has 5 aliphatic carbocycles. The molecule has 10 unspecified atom stereocenters. The average molecular weight is 475 g/mol. The second-order valence-corrected chi connectivity index (χ2v) is 13.5. The zero-order valence-corrected chi connectivity index (χ0v) is 21.7. The van der Waals surface area contributed by atoms with Crippen molar-refractivity contribution in [1.29, 1.82) is 10.5 Å². The first kappa shape index (κ1) is 23.5. The van der Waals surface area contributed by atoms with Crippen LogP contribution >= 0.6 is 0 Å². The van der Waals surface area contributed by atoms with Gasteiger partial charge in [-0.2, -0.15) is 15.6 Å². The summed E-state index contributed by atoms with van der Waals surface area (Å²) in [5.74, 6) is 7.09. The van der Waals surface area contributed by atoms with Crippen molar-refractivity contribution in [2.75, 3.05) is 6.54 Å². The van der Waals surface area contributed by atoms with Crippen LogP contribution in [-0.4, -0.2) is 29.1 Å². The maximum Gasteiger partial charge on any atom is 0.157 e. The first-order valence-electron chi connectivity index (χ1n) is 14.6. The van der Waals surface area contributed by atoms with E-state index in [9.17, 15) is 15.3 Å². The van der Waals surface area contributed by atoms with E-state index in [1.165, 1.54) is 64.2 Å². The molecule has 0 N–H and O–H groups in total. The Hall–Kier alpha value is -1.88. The van der Waals surface area contributed by atoms with Gasteiger partial charge in [-0.25, -0.2) is 0 Å². The zero-order valence-electron chi connectivity index (χ0n) is 21.7. The van der Waals surface area contributed by atoms with Crippen LogP contribution in [0.4, 0.5) is 0 Å². The topological polar surface area (TPSA) is 80.2 Å². The molecule has 1 heterocycles. The van der Waals surface area contributed by atoms with E-state index in [1.54, 1.807) is 5.01 Å². The Morgan fingerprint density at radius 1 is 1.00 bits per heavy atom. The van der Waals surface area contributed by atoms with Crippen molar-refractivity contribution in [1.82, 2.24) is 5.01 Å². The van der Waals surface area contributed by atoms with Gasteiger partial charge >= 0.3 is 0 Å². The van der Waals surface area contributed by atoms with Gasteiger partial charge in [-0.15, -0.1) is 0 Å². The molecule has 0 aromatic heterocycles. The highest BCUT2D eigenvalue weighted by molar-refractivity contribution is 6.00. The molecule has 0 radical (unpaired) electrons. The molecule has 0 bridgehead atoms. The summed E-state index contributed by atoms with van der Waals surface area (Å²) in [6.45, 7) is 5.13. The summed E-state index contributed by atoms with van der Waals surface area (Å²) in [7, 11) is 0. The highest BCUT2D eigenvalue weighted by Gasteiger charge is 2.63. The summed E-state index contributed by atoms with van der Waals surface area (Å²) in [5.41, 5.74) is 0.475. The fraction of sp³-hybridized carbons (Fsp3) is 0.867. The number of rotatable bonds is 4. The Bertz CT molecular complexity index is 972. The number of hydrazone groups is 1. The van der Waals surface area contributed by atoms with Gasteiger partial charge in [0.1, 0.15) is 17.8 Å². The predicted octanol–water partition coefficient (Wildman–Crippen LogP) is 5.96. The molecule has 10 atom stereocenters. The van der Waals surface area contributed by atoms with E-state index in [0.717, 1.165) is 41.9 Å². The fourth-order valence-corrected chi connectivity index (χ4v) is 10.3. The zero-order chi connectivity index (χ0) is 24.3. The monoisotopic (exact) mass is 474 g/mol. The minimum absolute atomic E-state index is 0.0869. The van der Waals surface area contributed by atoms with Gasteiger partial charge in [0.05, 0.1) is 12.6 Å². The molecule has 6 rings (SSSR count). The lowest BCUT2D eigenvalue weighted by Gasteiger charge is -2.58. The van der Waals surface area contributed by atoms with Gasteiger partial charge in [0.25, 0.3) is 0 Å². The second-order valence-electron chi connectivity index (χ2n) is 13.5. The van der Waals surface area contributed by atoms with E-state index in [0.29, 0.717) is 24.0 Å². The summed E-state index contributed by atoms with van der Waals surface area (Å²) in [5, 5.41) is 24.8. The SMILES string of the molecule is CC1CCC2C(CCC3C2CCC2(C)C(C(=O)CN4N=C(C#N)CC4C#N)CC(C4CCC4)C32)C1. The van der Waals surface area contributed by atoms with E-state index in [2.05, 4.69) is 31.1 Å². The lowest BCUT2D eigenvalue weighted by Crippen LogP contribution is -2.51. The van der Waals surface area contributed by atoms with Crippen molar-refractivity contribution in [2.24, 2.45) is 63.8 Å². The van der Waals surface area contributed by atoms with Gasteiger partial charge in [-0.3, -0.25) is 9.80 Å². The molecule has 1 aliphatic heterocycles.